The van der Waals surface area contributed by atoms with Gasteiger partial charge in [0.1, 0.15) is 5.75 Å². The van der Waals surface area contributed by atoms with Crippen molar-refractivity contribution in [2.75, 3.05) is 18.6 Å². The molecule has 106 valence electrons. The maximum absolute atomic E-state index is 12.1. The quantitative estimate of drug-likeness (QED) is 0.901. The van der Waals surface area contributed by atoms with Crippen LogP contribution >= 0.6 is 0 Å². The lowest BCUT2D eigenvalue weighted by Gasteiger charge is -2.17. The van der Waals surface area contributed by atoms with Crippen molar-refractivity contribution >= 4 is 17.5 Å². The molecule has 1 saturated carbocycles. The minimum Gasteiger partial charge on any atom is -0.497 e. The lowest BCUT2D eigenvalue weighted by molar-refractivity contribution is -0.126. The Hall–Kier alpha value is -2.04. The number of carbonyl (C=O) groups is 2. The molecule has 0 aromatic heterocycles. The van der Waals surface area contributed by atoms with Gasteiger partial charge in [-0.3, -0.25) is 9.59 Å². The van der Waals surface area contributed by atoms with Crippen LogP contribution in [0.5, 0.6) is 5.75 Å². The zero-order valence-corrected chi connectivity index (χ0v) is 11.5. The van der Waals surface area contributed by atoms with Crippen LogP contribution in [0.2, 0.25) is 0 Å². The first-order valence-electron chi connectivity index (χ1n) is 6.92. The van der Waals surface area contributed by atoms with Gasteiger partial charge in [0, 0.05) is 24.7 Å². The first-order chi connectivity index (χ1) is 9.67. The molecule has 1 aromatic rings. The van der Waals surface area contributed by atoms with Crippen LogP contribution in [0.3, 0.4) is 0 Å². The Morgan fingerprint density at radius 3 is 2.60 bits per heavy atom. The Morgan fingerprint density at radius 2 is 2.00 bits per heavy atom. The second kappa shape index (κ2) is 5.15. The summed E-state index contributed by atoms with van der Waals surface area (Å²) in [7, 11) is 1.61. The highest BCUT2D eigenvalue weighted by Crippen LogP contribution is 2.28. The van der Waals surface area contributed by atoms with Crippen molar-refractivity contribution in [3.63, 3.8) is 0 Å². The van der Waals surface area contributed by atoms with Crippen LogP contribution in [0.25, 0.3) is 0 Å². The molecule has 2 fully saturated rings. The summed E-state index contributed by atoms with van der Waals surface area (Å²) in [6.45, 7) is 0.462. The summed E-state index contributed by atoms with van der Waals surface area (Å²) in [5.74, 6) is 0.539. The van der Waals surface area contributed by atoms with Crippen LogP contribution in [-0.4, -0.2) is 31.5 Å². The number of ether oxygens (including phenoxy) is 1. The fourth-order valence-electron chi connectivity index (χ4n) is 2.44. The fourth-order valence-corrected chi connectivity index (χ4v) is 2.44. The minimum atomic E-state index is -0.231. The molecule has 1 heterocycles. The molecule has 2 amide bonds. The number of nitrogens with one attached hydrogen (secondary N) is 1. The third-order valence-corrected chi connectivity index (χ3v) is 3.80. The van der Waals surface area contributed by atoms with Crippen molar-refractivity contribution in [1.29, 1.82) is 0 Å². The smallest absolute Gasteiger partial charge is 0.227 e. The lowest BCUT2D eigenvalue weighted by Crippen LogP contribution is -2.34. The normalized spacial score (nSPS) is 21.9. The van der Waals surface area contributed by atoms with E-state index < -0.39 is 0 Å². The molecule has 0 radical (unpaired) electrons. The van der Waals surface area contributed by atoms with E-state index >= 15 is 0 Å². The van der Waals surface area contributed by atoms with Crippen molar-refractivity contribution < 1.29 is 14.3 Å². The van der Waals surface area contributed by atoms with E-state index in [0.717, 1.165) is 24.3 Å². The van der Waals surface area contributed by atoms with Gasteiger partial charge >= 0.3 is 0 Å². The van der Waals surface area contributed by atoms with Crippen LogP contribution in [-0.2, 0) is 9.59 Å². The zero-order valence-electron chi connectivity index (χ0n) is 11.5. The van der Waals surface area contributed by atoms with E-state index in [1.165, 1.54) is 0 Å². The molecule has 1 N–H and O–H groups in total. The lowest BCUT2D eigenvalue weighted by atomic mass is 10.1. The number of hydrogen-bond donors (Lipinski definition) is 1. The molecule has 5 heteroatoms. The van der Waals surface area contributed by atoms with E-state index in [-0.39, 0.29) is 17.7 Å². The number of nitrogens with zero attached hydrogens (tertiary/aromatic N) is 1. The molecular weight excluding hydrogens is 256 g/mol. The first kappa shape index (κ1) is 13.0. The number of hydrogen-bond acceptors (Lipinski definition) is 3. The van der Waals surface area contributed by atoms with Crippen molar-refractivity contribution in [1.82, 2.24) is 5.32 Å². The van der Waals surface area contributed by atoms with Gasteiger partial charge in [-0.25, -0.2) is 0 Å². The van der Waals surface area contributed by atoms with Crippen LogP contribution in [0, 0.1) is 5.92 Å². The predicted octanol–water partition coefficient (Wildman–Crippen LogP) is 1.33. The number of anilines is 1. The maximum atomic E-state index is 12.1. The van der Waals surface area contributed by atoms with E-state index in [0.29, 0.717) is 19.0 Å². The summed E-state index contributed by atoms with van der Waals surface area (Å²) in [6.07, 6.45) is 2.42. The van der Waals surface area contributed by atoms with Gasteiger partial charge in [-0.1, -0.05) is 0 Å². The molecule has 1 aromatic carbocycles. The molecule has 1 saturated heterocycles. The summed E-state index contributed by atoms with van der Waals surface area (Å²) < 4.78 is 5.10. The number of methoxy groups -OCH3 is 1. The topological polar surface area (TPSA) is 58.6 Å². The van der Waals surface area contributed by atoms with Crippen molar-refractivity contribution in [2.24, 2.45) is 5.92 Å². The molecule has 3 rings (SSSR count). The molecule has 2 aliphatic rings. The summed E-state index contributed by atoms with van der Waals surface area (Å²) in [5.41, 5.74) is 0.817. The van der Waals surface area contributed by atoms with Crippen LogP contribution < -0.4 is 15.0 Å². The van der Waals surface area contributed by atoms with E-state index in [4.69, 9.17) is 4.74 Å². The second-order valence-corrected chi connectivity index (χ2v) is 5.39. The predicted molar refractivity (Wildman–Crippen MR) is 74.6 cm³/mol. The average molecular weight is 274 g/mol. The van der Waals surface area contributed by atoms with E-state index in [1.54, 1.807) is 12.0 Å². The summed E-state index contributed by atoms with van der Waals surface area (Å²) in [5, 5.41) is 2.97. The maximum Gasteiger partial charge on any atom is 0.227 e. The van der Waals surface area contributed by atoms with Gasteiger partial charge in [0.2, 0.25) is 11.8 Å². The van der Waals surface area contributed by atoms with Crippen molar-refractivity contribution in [3.8, 4) is 5.75 Å². The average Bonchev–Trinajstić information content (AvgIpc) is 3.19. The molecule has 0 bridgehead atoms. The number of benzene rings is 1. The first-order valence-corrected chi connectivity index (χ1v) is 6.92. The molecule has 1 atom stereocenters. The Kier molecular flexibility index (Phi) is 3.34. The molecule has 20 heavy (non-hydrogen) atoms. The number of amides is 2. The van der Waals surface area contributed by atoms with Gasteiger partial charge in [0.05, 0.1) is 13.0 Å². The Morgan fingerprint density at radius 1 is 1.30 bits per heavy atom. The zero-order chi connectivity index (χ0) is 14.1. The third-order valence-electron chi connectivity index (χ3n) is 3.80. The summed E-state index contributed by atoms with van der Waals surface area (Å²) in [4.78, 5) is 25.7. The van der Waals surface area contributed by atoms with E-state index in [2.05, 4.69) is 5.32 Å². The van der Waals surface area contributed by atoms with Crippen molar-refractivity contribution in [2.45, 2.75) is 25.3 Å². The monoisotopic (exact) mass is 274 g/mol. The van der Waals surface area contributed by atoms with Gasteiger partial charge < -0.3 is 15.0 Å². The number of rotatable bonds is 4. The standard InChI is InChI=1S/C15H18N2O3/c1-20-13-6-4-12(5-7-13)17-9-10(8-14(17)18)15(19)16-11-2-3-11/h4-7,10-11H,2-3,8-9H2,1H3,(H,16,19). The number of carbonyl (C=O) groups excluding carboxylic acids is 2. The Bertz CT molecular complexity index is 522. The molecule has 0 spiro atoms. The SMILES string of the molecule is COc1ccc(N2CC(C(=O)NC3CC3)CC2=O)cc1. The molecule has 1 unspecified atom stereocenters. The third kappa shape index (κ3) is 2.61. The summed E-state index contributed by atoms with van der Waals surface area (Å²) >= 11 is 0. The molecular formula is C15H18N2O3. The highest BCUT2D eigenvalue weighted by Gasteiger charge is 2.37. The van der Waals surface area contributed by atoms with Gasteiger partial charge in [0.15, 0.2) is 0 Å². The van der Waals surface area contributed by atoms with Gasteiger partial charge in [0.25, 0.3) is 0 Å². The van der Waals surface area contributed by atoms with Crippen LogP contribution in [0.15, 0.2) is 24.3 Å². The van der Waals surface area contributed by atoms with Crippen LogP contribution in [0.1, 0.15) is 19.3 Å². The van der Waals surface area contributed by atoms with Gasteiger partial charge in [-0.15, -0.1) is 0 Å². The highest BCUT2D eigenvalue weighted by atomic mass is 16.5. The Balaban J connectivity index is 1.67. The molecule has 5 nitrogen and oxygen atoms in total. The van der Waals surface area contributed by atoms with Gasteiger partial charge in [-0.05, 0) is 37.1 Å². The van der Waals surface area contributed by atoms with Crippen LogP contribution in [0.4, 0.5) is 5.69 Å². The minimum absolute atomic E-state index is 0.00566. The fraction of sp³-hybridized carbons (Fsp3) is 0.467. The van der Waals surface area contributed by atoms with Crippen molar-refractivity contribution in [3.05, 3.63) is 24.3 Å². The highest BCUT2D eigenvalue weighted by molar-refractivity contribution is 6.00. The van der Waals surface area contributed by atoms with E-state index in [9.17, 15) is 9.59 Å². The summed E-state index contributed by atoms with van der Waals surface area (Å²) in [6, 6.07) is 7.67. The largest absolute Gasteiger partial charge is 0.497 e. The second-order valence-electron chi connectivity index (χ2n) is 5.39. The van der Waals surface area contributed by atoms with Gasteiger partial charge in [-0.2, -0.15) is 0 Å². The Labute approximate surface area is 117 Å². The molecule has 1 aliphatic carbocycles. The van der Waals surface area contributed by atoms with E-state index in [1.807, 2.05) is 24.3 Å². The molecule has 1 aliphatic heterocycles.